The third-order valence-electron chi connectivity index (χ3n) is 6.92. The number of piperazine rings is 1. The van der Waals surface area contributed by atoms with Crippen molar-refractivity contribution in [2.75, 3.05) is 24.5 Å². The maximum Gasteiger partial charge on any atom is 0.248 e. The maximum atomic E-state index is 13.4. The van der Waals surface area contributed by atoms with E-state index in [-0.39, 0.29) is 30.6 Å². The van der Waals surface area contributed by atoms with Crippen LogP contribution in [-0.2, 0) is 10.0 Å². The van der Waals surface area contributed by atoms with Crippen LogP contribution in [0.4, 0.5) is 13.9 Å². The van der Waals surface area contributed by atoms with Crippen molar-refractivity contribution >= 4 is 36.7 Å². The molecule has 1 aliphatic carbocycles. The van der Waals surface area contributed by atoms with E-state index in [1.807, 2.05) is 0 Å². The van der Waals surface area contributed by atoms with Crippen LogP contribution in [-0.4, -0.2) is 62.0 Å². The second kappa shape index (κ2) is 7.90. The number of benzene rings is 1. The minimum Gasteiger partial charge on any atom is -0.340 e. The Kier molecular flexibility index (Phi) is 5.47. The Balaban J connectivity index is 1.35. The first-order valence-corrected chi connectivity index (χ1v) is 13.4. The van der Waals surface area contributed by atoms with Crippen LogP contribution >= 0.6 is 11.3 Å². The molecule has 3 aliphatic rings. The lowest BCUT2D eigenvalue weighted by atomic mass is 9.93. The molecular weight excluding hydrogens is 442 g/mol. The Morgan fingerprint density at radius 3 is 2.48 bits per heavy atom. The molecule has 31 heavy (non-hydrogen) atoms. The fourth-order valence-electron chi connectivity index (χ4n) is 5.18. The van der Waals surface area contributed by atoms with Crippen molar-refractivity contribution in [1.29, 1.82) is 0 Å². The third kappa shape index (κ3) is 4.19. The molecule has 10 heteroatoms. The van der Waals surface area contributed by atoms with E-state index in [9.17, 15) is 17.2 Å². The first-order chi connectivity index (χ1) is 14.7. The van der Waals surface area contributed by atoms with Crippen molar-refractivity contribution in [3.63, 3.8) is 0 Å². The van der Waals surface area contributed by atoms with Gasteiger partial charge in [0, 0.05) is 44.1 Å². The Morgan fingerprint density at radius 1 is 1.16 bits per heavy atom. The van der Waals surface area contributed by atoms with Gasteiger partial charge in [-0.1, -0.05) is 18.3 Å². The summed E-state index contributed by atoms with van der Waals surface area (Å²) in [6.45, 7) is 5.36. The summed E-state index contributed by atoms with van der Waals surface area (Å²) in [6.07, 6.45) is 2.11. The first-order valence-electron chi connectivity index (χ1n) is 11.1. The number of likely N-dealkylation sites (N-methyl/N-ethyl adjacent to an activating group) is 1. The number of nitrogens with zero attached hydrogens (tertiary/aromatic N) is 3. The molecule has 1 aromatic heterocycles. The highest BCUT2D eigenvalue weighted by Gasteiger charge is 2.41. The van der Waals surface area contributed by atoms with E-state index < -0.39 is 22.0 Å². The molecule has 2 aliphatic heterocycles. The molecule has 5 rings (SSSR count). The fourth-order valence-corrected chi connectivity index (χ4v) is 7.73. The Bertz CT molecular complexity index is 1050. The van der Waals surface area contributed by atoms with Gasteiger partial charge in [0.25, 0.3) is 0 Å². The molecule has 1 aromatic carbocycles. The topological polar surface area (TPSA) is 65.5 Å². The Morgan fingerprint density at radius 2 is 1.84 bits per heavy atom. The SMILES string of the molecule is CCN1CC2CCC(C1)N2c1nc2ccc(S(=O)(=O)NC3CCC(F)(F)CC3)cc2s1. The quantitative estimate of drug-likeness (QED) is 0.720. The summed E-state index contributed by atoms with van der Waals surface area (Å²) < 4.78 is 56.0. The predicted molar refractivity (Wildman–Crippen MR) is 119 cm³/mol. The number of alkyl halides is 2. The fraction of sp³-hybridized carbons (Fsp3) is 0.667. The second-order valence-electron chi connectivity index (χ2n) is 9.02. The van der Waals surface area contributed by atoms with E-state index in [2.05, 4.69) is 21.4 Å². The lowest BCUT2D eigenvalue weighted by Gasteiger charge is -2.40. The Labute approximate surface area is 185 Å². The van der Waals surface area contributed by atoms with E-state index in [4.69, 9.17) is 4.98 Å². The molecule has 3 heterocycles. The number of nitrogens with one attached hydrogen (secondary N) is 1. The normalized spacial score (nSPS) is 27.3. The minimum absolute atomic E-state index is 0.158. The monoisotopic (exact) mass is 470 g/mol. The molecule has 6 nitrogen and oxygen atoms in total. The molecular formula is C21H28F2N4O2S2. The molecule has 2 aromatic rings. The summed E-state index contributed by atoms with van der Waals surface area (Å²) in [5.41, 5.74) is 0.800. The van der Waals surface area contributed by atoms with Gasteiger partial charge >= 0.3 is 0 Å². The highest BCUT2D eigenvalue weighted by Crippen LogP contribution is 2.39. The molecule has 0 spiro atoms. The predicted octanol–water partition coefficient (Wildman–Crippen LogP) is 3.83. The molecule has 2 unspecified atom stereocenters. The van der Waals surface area contributed by atoms with E-state index in [1.54, 1.807) is 29.5 Å². The minimum atomic E-state index is -3.76. The van der Waals surface area contributed by atoms with Crippen molar-refractivity contribution in [3.05, 3.63) is 18.2 Å². The van der Waals surface area contributed by atoms with E-state index in [0.29, 0.717) is 12.1 Å². The van der Waals surface area contributed by atoms with Crippen molar-refractivity contribution in [2.45, 2.75) is 74.4 Å². The lowest BCUT2D eigenvalue weighted by molar-refractivity contribution is -0.0387. The zero-order valence-electron chi connectivity index (χ0n) is 17.6. The van der Waals surface area contributed by atoms with Crippen LogP contribution in [0.5, 0.6) is 0 Å². The summed E-state index contributed by atoms with van der Waals surface area (Å²) in [4.78, 5) is 9.91. The van der Waals surface area contributed by atoms with Crippen molar-refractivity contribution in [3.8, 4) is 0 Å². The van der Waals surface area contributed by atoms with Gasteiger partial charge in [-0.25, -0.2) is 26.9 Å². The number of fused-ring (bicyclic) bond motifs is 3. The van der Waals surface area contributed by atoms with Gasteiger partial charge in [-0.15, -0.1) is 0 Å². The number of thiazole rings is 1. The number of rotatable bonds is 5. The van der Waals surface area contributed by atoms with E-state index in [0.717, 1.165) is 35.0 Å². The molecule has 2 atom stereocenters. The van der Waals surface area contributed by atoms with Gasteiger partial charge < -0.3 is 4.90 Å². The van der Waals surface area contributed by atoms with Gasteiger partial charge in [0.1, 0.15) is 0 Å². The van der Waals surface area contributed by atoms with Crippen LogP contribution in [0.2, 0.25) is 0 Å². The number of likely N-dealkylation sites (tertiary alicyclic amines) is 1. The van der Waals surface area contributed by atoms with Crippen molar-refractivity contribution < 1.29 is 17.2 Å². The molecule has 1 N–H and O–H groups in total. The van der Waals surface area contributed by atoms with Gasteiger partial charge in [-0.3, -0.25) is 4.90 Å². The van der Waals surface area contributed by atoms with E-state index >= 15 is 0 Å². The highest BCUT2D eigenvalue weighted by molar-refractivity contribution is 7.89. The van der Waals surface area contributed by atoms with Gasteiger partial charge in [0.15, 0.2) is 5.13 Å². The molecule has 170 valence electrons. The first kappa shape index (κ1) is 21.5. The molecule has 3 fully saturated rings. The molecule has 0 amide bonds. The third-order valence-corrected chi connectivity index (χ3v) is 9.47. The second-order valence-corrected chi connectivity index (χ2v) is 11.7. The zero-order chi connectivity index (χ0) is 21.8. The maximum absolute atomic E-state index is 13.4. The number of halogens is 2. The number of sulfonamides is 1. The summed E-state index contributed by atoms with van der Waals surface area (Å²) >= 11 is 1.54. The van der Waals surface area contributed by atoms with Gasteiger partial charge in [0.2, 0.25) is 15.9 Å². The van der Waals surface area contributed by atoms with Crippen LogP contribution in [0.3, 0.4) is 0 Å². The van der Waals surface area contributed by atoms with E-state index in [1.165, 1.54) is 12.8 Å². The highest BCUT2D eigenvalue weighted by atomic mass is 32.2. The smallest absolute Gasteiger partial charge is 0.248 e. The van der Waals surface area contributed by atoms with Crippen LogP contribution in [0.15, 0.2) is 23.1 Å². The summed E-state index contributed by atoms with van der Waals surface area (Å²) in [6, 6.07) is 5.48. The number of hydrogen-bond donors (Lipinski definition) is 1. The van der Waals surface area contributed by atoms with Crippen LogP contribution < -0.4 is 9.62 Å². The largest absolute Gasteiger partial charge is 0.340 e. The van der Waals surface area contributed by atoms with Gasteiger partial charge in [-0.05, 0) is 50.4 Å². The summed E-state index contributed by atoms with van der Waals surface area (Å²) in [7, 11) is -3.76. The molecule has 0 radical (unpaired) electrons. The number of anilines is 1. The summed E-state index contributed by atoms with van der Waals surface area (Å²) in [5, 5.41) is 0.968. The Hall–Kier alpha value is -1.36. The molecule has 2 bridgehead atoms. The van der Waals surface area contributed by atoms with Crippen LogP contribution in [0, 0.1) is 0 Å². The number of hydrogen-bond acceptors (Lipinski definition) is 6. The average molecular weight is 471 g/mol. The molecule has 2 saturated heterocycles. The zero-order valence-corrected chi connectivity index (χ0v) is 19.2. The summed E-state index contributed by atoms with van der Waals surface area (Å²) in [5.74, 6) is -2.68. The van der Waals surface area contributed by atoms with Gasteiger partial charge in [0.05, 0.1) is 15.1 Å². The average Bonchev–Trinajstić information content (AvgIpc) is 3.26. The number of aromatic nitrogens is 1. The van der Waals surface area contributed by atoms with Gasteiger partial charge in [-0.2, -0.15) is 0 Å². The molecule has 1 saturated carbocycles. The van der Waals surface area contributed by atoms with Crippen LogP contribution in [0.1, 0.15) is 45.4 Å². The van der Waals surface area contributed by atoms with Crippen molar-refractivity contribution in [2.24, 2.45) is 0 Å². The van der Waals surface area contributed by atoms with Crippen LogP contribution in [0.25, 0.3) is 10.2 Å². The van der Waals surface area contributed by atoms with Crippen molar-refractivity contribution in [1.82, 2.24) is 14.6 Å². The standard InChI is InChI=1S/C21H28F2N4O2S2/c1-2-26-12-15-3-4-16(13-26)27(15)20-24-18-6-5-17(11-19(18)30-20)31(28,29)25-14-7-9-21(22,23)10-8-14/h5-6,11,14-16,25H,2-4,7-10,12-13H2,1H3. The lowest BCUT2D eigenvalue weighted by Crippen LogP contribution is -2.53.